The highest BCUT2D eigenvalue weighted by atomic mass is 32.2. The highest BCUT2D eigenvalue weighted by molar-refractivity contribution is 7.99. The Morgan fingerprint density at radius 2 is 1.80 bits per heavy atom. The van der Waals surface area contributed by atoms with Crippen LogP contribution in [0, 0.1) is 5.82 Å². The van der Waals surface area contributed by atoms with Gasteiger partial charge in [0.2, 0.25) is 0 Å². The number of carbonyl (C=O) groups is 1. The number of halogens is 1. The second kappa shape index (κ2) is 8.98. The lowest BCUT2D eigenvalue weighted by Crippen LogP contribution is -2.30. The number of benzene rings is 3. The van der Waals surface area contributed by atoms with Gasteiger partial charge >= 0.3 is 0 Å². The number of aromatic nitrogens is 1. The minimum atomic E-state index is -0.308. The largest absolute Gasteiger partial charge is 0.279 e. The molecule has 0 aliphatic heterocycles. The van der Waals surface area contributed by atoms with Crippen molar-refractivity contribution < 1.29 is 9.18 Å². The second-order valence-corrected chi connectivity index (χ2v) is 9.84. The Bertz CT molecular complexity index is 1160. The van der Waals surface area contributed by atoms with E-state index in [1.807, 2.05) is 54.6 Å². The lowest BCUT2D eigenvalue weighted by Gasteiger charge is -2.20. The third kappa shape index (κ3) is 4.71. The Morgan fingerprint density at radius 3 is 2.50 bits per heavy atom. The molecule has 0 N–H and O–H groups in total. The molecule has 1 amide bonds. The maximum Gasteiger partial charge on any atom is 0.260 e. The highest BCUT2D eigenvalue weighted by Gasteiger charge is 2.22. The topological polar surface area (TPSA) is 33.2 Å². The maximum absolute atomic E-state index is 13.6. The average molecular weight is 437 g/mol. The van der Waals surface area contributed by atoms with Crippen molar-refractivity contribution in [3.05, 3.63) is 89.7 Å². The molecule has 4 rings (SSSR count). The number of carbonyl (C=O) groups excluding carboxylic acids is 1. The summed E-state index contributed by atoms with van der Waals surface area (Å²) < 4.78 is 14.4. The molecule has 1 aromatic heterocycles. The monoisotopic (exact) mass is 436 g/mol. The number of thiazole rings is 1. The van der Waals surface area contributed by atoms with Crippen LogP contribution in [0.5, 0.6) is 0 Å². The van der Waals surface area contributed by atoms with Crippen LogP contribution in [0.4, 0.5) is 9.52 Å². The first kappa shape index (κ1) is 20.6. The van der Waals surface area contributed by atoms with E-state index >= 15 is 0 Å². The number of amides is 1. The van der Waals surface area contributed by atoms with Gasteiger partial charge in [0.1, 0.15) is 5.82 Å². The standard InChI is InChI=1S/C24H21FN2OS2/c1-16(2)29-20-11-8-18(9-12-20)23(28)27(15-17-6-4-3-5-7-17)24-26-21-13-10-19(25)14-22(21)30-24/h3-14,16H,15H2,1-2H3. The fourth-order valence-corrected chi connectivity index (χ4v) is 4.92. The van der Waals surface area contributed by atoms with Crippen LogP contribution in [0.2, 0.25) is 0 Å². The Balaban J connectivity index is 1.69. The van der Waals surface area contributed by atoms with Gasteiger partial charge in [-0.1, -0.05) is 55.5 Å². The van der Waals surface area contributed by atoms with E-state index in [1.165, 1.54) is 23.5 Å². The fraction of sp³-hybridized carbons (Fsp3) is 0.167. The molecule has 0 unspecified atom stereocenters. The van der Waals surface area contributed by atoms with Crippen molar-refractivity contribution in [3.8, 4) is 0 Å². The number of nitrogens with zero attached hydrogens (tertiary/aromatic N) is 2. The molecule has 0 aliphatic rings. The van der Waals surface area contributed by atoms with Crippen LogP contribution in [-0.4, -0.2) is 16.1 Å². The highest BCUT2D eigenvalue weighted by Crippen LogP contribution is 2.32. The van der Waals surface area contributed by atoms with Gasteiger partial charge in [-0.05, 0) is 48.0 Å². The van der Waals surface area contributed by atoms with Crippen LogP contribution in [0.1, 0.15) is 29.8 Å². The van der Waals surface area contributed by atoms with E-state index in [0.29, 0.717) is 28.0 Å². The van der Waals surface area contributed by atoms with Gasteiger partial charge in [-0.3, -0.25) is 9.69 Å². The summed E-state index contributed by atoms with van der Waals surface area (Å²) in [5, 5.41) is 1.04. The maximum atomic E-state index is 13.6. The molecule has 3 nitrogen and oxygen atoms in total. The quantitative estimate of drug-likeness (QED) is 0.312. The SMILES string of the molecule is CC(C)Sc1ccc(C(=O)N(Cc2ccccc2)c2nc3ccc(F)cc3s2)cc1. The van der Waals surface area contributed by atoms with Crippen molar-refractivity contribution >= 4 is 44.4 Å². The molecule has 30 heavy (non-hydrogen) atoms. The van der Waals surface area contributed by atoms with Gasteiger partial charge in [-0.25, -0.2) is 9.37 Å². The molecule has 3 aromatic carbocycles. The zero-order valence-electron chi connectivity index (χ0n) is 16.7. The van der Waals surface area contributed by atoms with Crippen molar-refractivity contribution in [1.29, 1.82) is 0 Å². The van der Waals surface area contributed by atoms with Gasteiger partial charge in [0, 0.05) is 15.7 Å². The third-order valence-corrected chi connectivity index (χ3v) is 6.53. The smallest absolute Gasteiger partial charge is 0.260 e. The van der Waals surface area contributed by atoms with Crippen molar-refractivity contribution in [2.45, 2.75) is 30.5 Å². The molecule has 0 saturated heterocycles. The van der Waals surface area contributed by atoms with Gasteiger partial charge in [0.05, 0.1) is 16.8 Å². The summed E-state index contributed by atoms with van der Waals surface area (Å²) in [7, 11) is 0. The van der Waals surface area contributed by atoms with E-state index in [2.05, 4.69) is 18.8 Å². The first-order chi connectivity index (χ1) is 14.5. The molecule has 4 aromatic rings. The Labute approximate surface area is 183 Å². The predicted octanol–water partition coefficient (Wildman–Crippen LogP) is 6.78. The summed E-state index contributed by atoms with van der Waals surface area (Å²) in [6.07, 6.45) is 0. The Kier molecular flexibility index (Phi) is 6.16. The second-order valence-electron chi connectivity index (χ2n) is 7.18. The molecule has 0 fully saturated rings. The van der Waals surface area contributed by atoms with Crippen LogP contribution >= 0.6 is 23.1 Å². The average Bonchev–Trinajstić information content (AvgIpc) is 3.15. The van der Waals surface area contributed by atoms with Crippen LogP contribution in [0.15, 0.2) is 77.7 Å². The molecule has 0 bridgehead atoms. The molecule has 152 valence electrons. The Hall–Kier alpha value is -2.70. The van der Waals surface area contributed by atoms with E-state index in [9.17, 15) is 9.18 Å². The minimum absolute atomic E-state index is 0.125. The zero-order chi connectivity index (χ0) is 21.1. The fourth-order valence-electron chi connectivity index (χ4n) is 3.10. The van der Waals surface area contributed by atoms with E-state index < -0.39 is 0 Å². The van der Waals surface area contributed by atoms with Gasteiger partial charge in [-0.2, -0.15) is 0 Å². The summed E-state index contributed by atoms with van der Waals surface area (Å²) in [4.78, 5) is 20.8. The Morgan fingerprint density at radius 1 is 1.07 bits per heavy atom. The molecule has 0 aliphatic carbocycles. The van der Waals surface area contributed by atoms with Crippen LogP contribution in [0.3, 0.4) is 0 Å². The molecular formula is C24H21FN2OS2. The van der Waals surface area contributed by atoms with E-state index in [0.717, 1.165) is 15.2 Å². The molecule has 6 heteroatoms. The van der Waals surface area contributed by atoms with Gasteiger partial charge in [0.15, 0.2) is 5.13 Å². The van der Waals surface area contributed by atoms with Crippen LogP contribution in [0.25, 0.3) is 10.2 Å². The first-order valence-corrected chi connectivity index (χ1v) is 11.4. The first-order valence-electron chi connectivity index (χ1n) is 9.68. The number of thioether (sulfide) groups is 1. The van der Waals surface area contributed by atoms with Gasteiger partial charge in [-0.15, -0.1) is 11.8 Å². The molecule has 0 saturated carbocycles. The number of anilines is 1. The normalized spacial score (nSPS) is 11.2. The van der Waals surface area contributed by atoms with E-state index in [-0.39, 0.29) is 11.7 Å². The van der Waals surface area contributed by atoms with Crippen LogP contribution in [-0.2, 0) is 6.54 Å². The van der Waals surface area contributed by atoms with Crippen LogP contribution < -0.4 is 4.90 Å². The van der Waals surface area contributed by atoms with E-state index in [1.54, 1.807) is 22.7 Å². The number of rotatable bonds is 6. The molecule has 0 radical (unpaired) electrons. The number of hydrogen-bond acceptors (Lipinski definition) is 4. The summed E-state index contributed by atoms with van der Waals surface area (Å²) in [6.45, 7) is 4.67. The van der Waals surface area contributed by atoms with E-state index in [4.69, 9.17) is 0 Å². The predicted molar refractivity (Wildman–Crippen MR) is 124 cm³/mol. The summed E-state index contributed by atoms with van der Waals surface area (Å²) in [6, 6.07) is 22.0. The molecule has 0 spiro atoms. The van der Waals surface area contributed by atoms with Crippen molar-refractivity contribution in [3.63, 3.8) is 0 Å². The van der Waals surface area contributed by atoms with Crippen molar-refractivity contribution in [2.75, 3.05) is 4.90 Å². The molecule has 1 heterocycles. The third-order valence-electron chi connectivity index (χ3n) is 4.47. The zero-order valence-corrected chi connectivity index (χ0v) is 18.3. The lowest BCUT2D eigenvalue weighted by atomic mass is 10.1. The number of hydrogen-bond donors (Lipinski definition) is 0. The summed E-state index contributed by atoms with van der Waals surface area (Å²) in [5.41, 5.74) is 2.29. The lowest BCUT2D eigenvalue weighted by molar-refractivity contribution is 0.0985. The molecular weight excluding hydrogens is 415 g/mol. The van der Waals surface area contributed by atoms with Gasteiger partial charge in [0.25, 0.3) is 5.91 Å². The van der Waals surface area contributed by atoms with Crippen molar-refractivity contribution in [1.82, 2.24) is 4.98 Å². The minimum Gasteiger partial charge on any atom is -0.279 e. The number of fused-ring (bicyclic) bond motifs is 1. The van der Waals surface area contributed by atoms with Gasteiger partial charge < -0.3 is 0 Å². The summed E-state index contributed by atoms with van der Waals surface area (Å²) in [5.74, 6) is -0.434. The molecule has 0 atom stereocenters. The summed E-state index contributed by atoms with van der Waals surface area (Å²) >= 11 is 3.08. The van der Waals surface area contributed by atoms with Crippen molar-refractivity contribution in [2.24, 2.45) is 0 Å².